The molecule has 2 rings (SSSR count). The molecule has 29 heavy (non-hydrogen) atoms. The summed E-state index contributed by atoms with van der Waals surface area (Å²) < 4.78 is 21.0. The second-order valence-electron chi connectivity index (χ2n) is 5.76. The molecule has 0 saturated carbocycles. The Bertz CT molecular complexity index is 774. The van der Waals surface area contributed by atoms with Crippen molar-refractivity contribution in [3.8, 4) is 11.5 Å². The van der Waals surface area contributed by atoms with Gasteiger partial charge in [0.2, 0.25) is 0 Å². The van der Waals surface area contributed by atoms with Crippen molar-refractivity contribution in [2.24, 2.45) is 0 Å². The van der Waals surface area contributed by atoms with Crippen molar-refractivity contribution in [1.82, 2.24) is 10.6 Å². The van der Waals surface area contributed by atoms with Crippen LogP contribution in [0.3, 0.4) is 0 Å². The number of phenolic OH excluding ortho intramolecular Hbond substituents is 2. The van der Waals surface area contributed by atoms with Crippen LogP contribution in [0.15, 0.2) is 48.5 Å². The van der Waals surface area contributed by atoms with E-state index >= 15 is 0 Å². The predicted molar refractivity (Wildman–Crippen MR) is 104 cm³/mol. The summed E-state index contributed by atoms with van der Waals surface area (Å²) in [5.41, 5.74) is 1.22. The predicted octanol–water partition coefficient (Wildman–Crippen LogP) is 1.23. The van der Waals surface area contributed by atoms with E-state index in [1.807, 2.05) is 0 Å². The number of phenols is 2. The Balaban J connectivity index is 0.000000523. The summed E-state index contributed by atoms with van der Waals surface area (Å²) in [6, 6.07) is 13.3. The third kappa shape index (κ3) is 13.6. The molecular formula is C16H24FeN2O8P2+3. The van der Waals surface area contributed by atoms with Gasteiger partial charge in [0.25, 0.3) is 0 Å². The van der Waals surface area contributed by atoms with Gasteiger partial charge in [0, 0.05) is 24.2 Å². The Morgan fingerprint density at radius 1 is 0.655 bits per heavy atom. The van der Waals surface area contributed by atoms with Crippen LogP contribution in [0.2, 0.25) is 0 Å². The van der Waals surface area contributed by atoms with E-state index in [-0.39, 0.29) is 54.2 Å². The molecule has 0 aromatic heterocycles. The van der Waals surface area contributed by atoms with Gasteiger partial charge >= 0.3 is 32.3 Å². The molecule has 2 aromatic rings. The van der Waals surface area contributed by atoms with Gasteiger partial charge in [-0.1, -0.05) is 36.4 Å². The Labute approximate surface area is 178 Å². The van der Waals surface area contributed by atoms with E-state index in [1.54, 1.807) is 36.4 Å². The zero-order valence-corrected chi connectivity index (χ0v) is 18.1. The van der Waals surface area contributed by atoms with E-state index in [4.69, 9.17) is 19.6 Å². The molecule has 0 spiro atoms. The summed E-state index contributed by atoms with van der Waals surface area (Å²) in [4.78, 5) is 34.2. The number of benzene rings is 2. The molecule has 0 amide bonds. The standard InChI is InChI=1S/2C8H12NO4P.Fe/c2*10-8-4-2-1-3-7(8)5-9-6-14(11,12)13;/h2*1-4,9-10H,5-6H2,(H2,11,12,13);/q;;+3. The zero-order chi connectivity index (χ0) is 21.2. The maximum absolute atomic E-state index is 10.5. The maximum atomic E-state index is 10.5. The van der Waals surface area contributed by atoms with Crippen molar-refractivity contribution >= 4 is 15.2 Å². The molecule has 13 heteroatoms. The molecule has 0 fully saturated rings. The van der Waals surface area contributed by atoms with Crippen molar-refractivity contribution < 1.29 is 56.0 Å². The van der Waals surface area contributed by atoms with Gasteiger partial charge < -0.3 is 40.4 Å². The topological polar surface area (TPSA) is 180 Å². The summed E-state index contributed by atoms with van der Waals surface area (Å²) in [7, 11) is -8.02. The van der Waals surface area contributed by atoms with Gasteiger partial charge in [-0.2, -0.15) is 0 Å². The average Bonchev–Trinajstić information content (AvgIpc) is 2.57. The quantitative estimate of drug-likeness (QED) is 0.198. The first-order chi connectivity index (χ1) is 13.0. The minimum atomic E-state index is -4.01. The van der Waals surface area contributed by atoms with Crippen LogP contribution in [0, 0.1) is 0 Å². The molecule has 0 atom stereocenters. The van der Waals surface area contributed by atoms with Crippen molar-refractivity contribution in [3.05, 3.63) is 59.7 Å². The SMILES string of the molecule is O=P(O)(O)CNCc1ccccc1O.O=P(O)(O)CNCc1ccccc1O.[Fe+3]. The van der Waals surface area contributed by atoms with E-state index in [2.05, 4.69) is 10.6 Å². The molecule has 10 nitrogen and oxygen atoms in total. The van der Waals surface area contributed by atoms with E-state index < -0.39 is 15.2 Å². The molecule has 0 heterocycles. The number of hydrogen-bond donors (Lipinski definition) is 8. The molecule has 0 unspecified atom stereocenters. The van der Waals surface area contributed by atoms with E-state index in [9.17, 15) is 19.3 Å². The van der Waals surface area contributed by atoms with Crippen molar-refractivity contribution in [1.29, 1.82) is 0 Å². The second-order valence-corrected chi connectivity index (χ2v) is 9.05. The third-order valence-corrected chi connectivity index (χ3v) is 4.52. The summed E-state index contributed by atoms with van der Waals surface area (Å²) >= 11 is 0. The number of hydrogen-bond acceptors (Lipinski definition) is 6. The van der Waals surface area contributed by atoms with Gasteiger partial charge in [-0.3, -0.25) is 9.13 Å². The zero-order valence-electron chi connectivity index (χ0n) is 15.2. The number of para-hydroxylation sites is 2. The van der Waals surface area contributed by atoms with Crippen LogP contribution in [-0.2, 0) is 39.3 Å². The first kappa shape index (κ1) is 27.8. The summed E-state index contributed by atoms with van der Waals surface area (Å²) in [5, 5.41) is 23.7. The van der Waals surface area contributed by atoms with E-state index in [0.29, 0.717) is 11.1 Å². The van der Waals surface area contributed by atoms with Crippen LogP contribution in [0.25, 0.3) is 0 Å². The van der Waals surface area contributed by atoms with Crippen molar-refractivity contribution in [3.63, 3.8) is 0 Å². The van der Waals surface area contributed by atoms with Crippen molar-refractivity contribution in [2.45, 2.75) is 13.1 Å². The smallest absolute Gasteiger partial charge is 0.508 e. The fourth-order valence-corrected chi connectivity index (χ4v) is 2.80. The molecule has 0 aliphatic carbocycles. The molecular weight excluding hydrogens is 466 g/mol. The van der Waals surface area contributed by atoms with E-state index in [1.165, 1.54) is 12.1 Å². The Morgan fingerprint density at radius 2 is 0.966 bits per heavy atom. The molecule has 0 saturated heterocycles. The first-order valence-electron chi connectivity index (χ1n) is 8.02. The number of aromatic hydroxyl groups is 2. The fourth-order valence-electron chi connectivity index (χ4n) is 1.99. The van der Waals surface area contributed by atoms with Gasteiger partial charge in [0.05, 0.1) is 12.6 Å². The first-order valence-corrected chi connectivity index (χ1v) is 11.6. The summed E-state index contributed by atoms with van der Waals surface area (Å²) in [6.45, 7) is 0.468. The molecule has 161 valence electrons. The maximum Gasteiger partial charge on any atom is 3.00 e. The van der Waals surface area contributed by atoms with Gasteiger partial charge in [0.15, 0.2) is 0 Å². The average molecular weight is 490 g/mol. The minimum Gasteiger partial charge on any atom is -0.508 e. The summed E-state index contributed by atoms with van der Waals surface area (Å²) in [5.74, 6) is 0.233. The minimum absolute atomic E-state index is 0. The normalized spacial score (nSPS) is 11.2. The number of nitrogens with one attached hydrogen (secondary N) is 2. The van der Waals surface area contributed by atoms with Crippen LogP contribution < -0.4 is 10.6 Å². The largest absolute Gasteiger partial charge is 3.00 e. The van der Waals surface area contributed by atoms with Crippen LogP contribution in [0.4, 0.5) is 0 Å². The van der Waals surface area contributed by atoms with Crippen LogP contribution in [0.1, 0.15) is 11.1 Å². The van der Waals surface area contributed by atoms with Crippen LogP contribution in [0.5, 0.6) is 11.5 Å². The van der Waals surface area contributed by atoms with Crippen LogP contribution in [-0.4, -0.2) is 42.4 Å². The molecule has 1 radical (unpaired) electrons. The van der Waals surface area contributed by atoms with Gasteiger partial charge in [-0.15, -0.1) is 0 Å². The number of rotatable bonds is 8. The van der Waals surface area contributed by atoms with Crippen molar-refractivity contribution in [2.75, 3.05) is 12.6 Å². The Hall–Kier alpha value is -1.22. The molecule has 8 N–H and O–H groups in total. The second kappa shape index (κ2) is 13.2. The third-order valence-electron chi connectivity index (χ3n) is 3.25. The molecule has 0 bridgehead atoms. The molecule has 0 aliphatic rings. The van der Waals surface area contributed by atoms with Gasteiger partial charge in [-0.05, 0) is 12.1 Å². The Morgan fingerprint density at radius 3 is 1.24 bits per heavy atom. The summed E-state index contributed by atoms with van der Waals surface area (Å²) in [6.07, 6.45) is -0.775. The van der Waals surface area contributed by atoms with Gasteiger partial charge in [0.1, 0.15) is 11.5 Å². The Kier molecular flexibility index (Phi) is 12.6. The van der Waals surface area contributed by atoms with Crippen LogP contribution >= 0.6 is 15.2 Å². The van der Waals surface area contributed by atoms with E-state index in [0.717, 1.165) is 0 Å². The van der Waals surface area contributed by atoms with Gasteiger partial charge in [-0.25, -0.2) is 0 Å². The molecule has 0 aliphatic heterocycles. The fraction of sp³-hybridized carbons (Fsp3) is 0.250. The monoisotopic (exact) mass is 490 g/mol. The molecule has 2 aromatic carbocycles.